The molecule has 0 spiro atoms. The van der Waals surface area contributed by atoms with Gasteiger partial charge in [0, 0.05) is 38.9 Å². The number of carbonyl (C=O) groups is 1. The molecule has 1 aliphatic heterocycles. The zero-order valence-corrected chi connectivity index (χ0v) is 18.9. The van der Waals surface area contributed by atoms with Gasteiger partial charge in [0.2, 0.25) is 15.9 Å². The van der Waals surface area contributed by atoms with Gasteiger partial charge in [-0.05, 0) is 25.7 Å². The molecule has 0 N–H and O–H groups in total. The zero-order valence-electron chi connectivity index (χ0n) is 18.1. The quantitative estimate of drug-likeness (QED) is 0.446. The SMILES string of the molecule is CCn1cc(S(=O)(=O)N2CCN(C(=O)C(C)Cn3nc([N+](=O)[O-])cc3C)CC2)c(C)n1. The maximum Gasteiger partial charge on any atom is 0.390 e. The standard InChI is InChI=1S/C18H27N7O5S/c1-5-22-12-16(15(4)19-22)31(29,30)23-8-6-21(7-9-23)18(26)13(2)11-24-14(3)10-17(20-24)25(27)28/h10,12-13H,5-9,11H2,1-4H3. The summed E-state index contributed by atoms with van der Waals surface area (Å²) in [6, 6.07) is 1.36. The van der Waals surface area contributed by atoms with Gasteiger partial charge in [-0.3, -0.25) is 9.48 Å². The maximum atomic E-state index is 13.0. The first-order chi connectivity index (χ1) is 14.5. The lowest BCUT2D eigenvalue weighted by Crippen LogP contribution is -2.52. The molecule has 0 radical (unpaired) electrons. The van der Waals surface area contributed by atoms with E-state index >= 15 is 0 Å². The van der Waals surface area contributed by atoms with Crippen LogP contribution in [0, 0.1) is 29.9 Å². The van der Waals surface area contributed by atoms with Crippen molar-refractivity contribution in [2.24, 2.45) is 5.92 Å². The Morgan fingerprint density at radius 1 is 1.23 bits per heavy atom. The second-order valence-electron chi connectivity index (χ2n) is 7.65. The van der Waals surface area contributed by atoms with Crippen LogP contribution < -0.4 is 0 Å². The van der Waals surface area contributed by atoms with Crippen molar-refractivity contribution in [1.82, 2.24) is 28.8 Å². The Hall–Kier alpha value is -2.80. The third-order valence-corrected chi connectivity index (χ3v) is 7.42. The molecule has 1 saturated heterocycles. The van der Waals surface area contributed by atoms with Crippen LogP contribution in [0.2, 0.25) is 0 Å². The highest BCUT2D eigenvalue weighted by Gasteiger charge is 2.33. The van der Waals surface area contributed by atoms with E-state index in [-0.39, 0.29) is 49.3 Å². The Morgan fingerprint density at radius 3 is 2.39 bits per heavy atom. The van der Waals surface area contributed by atoms with Crippen molar-refractivity contribution in [3.8, 4) is 0 Å². The molecule has 0 saturated carbocycles. The van der Waals surface area contributed by atoms with Gasteiger partial charge in [0.1, 0.15) is 4.90 Å². The minimum Gasteiger partial charge on any atom is -0.358 e. The fourth-order valence-electron chi connectivity index (χ4n) is 3.62. The first kappa shape index (κ1) is 22.9. The van der Waals surface area contributed by atoms with Crippen molar-refractivity contribution >= 4 is 21.7 Å². The molecular weight excluding hydrogens is 426 g/mol. The van der Waals surface area contributed by atoms with Gasteiger partial charge in [0.25, 0.3) is 0 Å². The molecule has 2 aromatic heterocycles. The Kier molecular flexibility index (Phi) is 6.46. The molecule has 2 aromatic rings. The van der Waals surface area contributed by atoms with Crippen molar-refractivity contribution in [3.63, 3.8) is 0 Å². The average Bonchev–Trinajstić information content (AvgIpc) is 3.30. The molecule has 3 rings (SSSR count). The van der Waals surface area contributed by atoms with Crippen LogP contribution >= 0.6 is 0 Å². The number of hydrogen-bond acceptors (Lipinski definition) is 7. The van der Waals surface area contributed by atoms with Crippen LogP contribution in [0.25, 0.3) is 0 Å². The number of carbonyl (C=O) groups excluding carboxylic acids is 1. The maximum absolute atomic E-state index is 13.0. The van der Waals surface area contributed by atoms with E-state index in [9.17, 15) is 23.3 Å². The average molecular weight is 454 g/mol. The molecule has 170 valence electrons. The van der Waals surface area contributed by atoms with Gasteiger partial charge in [0.15, 0.2) is 0 Å². The molecule has 1 amide bonds. The molecule has 31 heavy (non-hydrogen) atoms. The van der Waals surface area contributed by atoms with Gasteiger partial charge in [-0.1, -0.05) is 6.92 Å². The smallest absolute Gasteiger partial charge is 0.358 e. The fraction of sp³-hybridized carbons (Fsp3) is 0.611. The van der Waals surface area contributed by atoms with E-state index in [1.165, 1.54) is 21.3 Å². The topological polar surface area (TPSA) is 136 Å². The molecular formula is C18H27N7O5S. The van der Waals surface area contributed by atoms with Gasteiger partial charge >= 0.3 is 5.82 Å². The summed E-state index contributed by atoms with van der Waals surface area (Å²) < 4.78 is 30.4. The first-order valence-corrected chi connectivity index (χ1v) is 11.5. The van der Waals surface area contributed by atoms with Crippen LogP contribution in [0.1, 0.15) is 25.2 Å². The number of piperazine rings is 1. The van der Waals surface area contributed by atoms with Crippen LogP contribution in [0.5, 0.6) is 0 Å². The van der Waals surface area contributed by atoms with Gasteiger partial charge in [-0.25, -0.2) is 8.42 Å². The second kappa shape index (κ2) is 8.75. The van der Waals surface area contributed by atoms with E-state index < -0.39 is 20.9 Å². The lowest BCUT2D eigenvalue weighted by Gasteiger charge is -2.35. The number of nitro groups is 1. The molecule has 1 atom stereocenters. The molecule has 1 aliphatic rings. The van der Waals surface area contributed by atoms with Gasteiger partial charge in [-0.2, -0.15) is 14.1 Å². The summed E-state index contributed by atoms with van der Waals surface area (Å²) in [5.41, 5.74) is 1.06. The normalized spacial score (nSPS) is 16.5. The highest BCUT2D eigenvalue weighted by atomic mass is 32.2. The van der Waals surface area contributed by atoms with Crippen molar-refractivity contribution in [1.29, 1.82) is 0 Å². The Morgan fingerprint density at radius 2 is 1.87 bits per heavy atom. The first-order valence-electron chi connectivity index (χ1n) is 10.1. The summed E-state index contributed by atoms with van der Waals surface area (Å²) in [7, 11) is -3.68. The van der Waals surface area contributed by atoms with Gasteiger partial charge in [0.05, 0.1) is 35.0 Å². The molecule has 13 heteroatoms. The summed E-state index contributed by atoms with van der Waals surface area (Å²) in [6.07, 6.45) is 1.54. The zero-order chi connectivity index (χ0) is 22.9. The molecule has 3 heterocycles. The summed E-state index contributed by atoms with van der Waals surface area (Å²) >= 11 is 0. The number of hydrogen-bond donors (Lipinski definition) is 0. The third kappa shape index (κ3) is 4.61. The van der Waals surface area contributed by atoms with Crippen LogP contribution in [-0.2, 0) is 27.9 Å². The van der Waals surface area contributed by atoms with E-state index in [4.69, 9.17) is 0 Å². The van der Waals surface area contributed by atoms with Crippen molar-refractivity contribution < 1.29 is 18.1 Å². The minimum atomic E-state index is -3.68. The summed E-state index contributed by atoms with van der Waals surface area (Å²) in [4.78, 5) is 25.0. The predicted octanol–water partition coefficient (Wildman–Crippen LogP) is 0.794. The van der Waals surface area contributed by atoms with Crippen LogP contribution in [0.4, 0.5) is 5.82 Å². The third-order valence-electron chi connectivity index (χ3n) is 5.42. The monoisotopic (exact) mass is 453 g/mol. The van der Waals surface area contributed by atoms with Crippen molar-refractivity contribution in [2.75, 3.05) is 26.2 Å². The fourth-order valence-corrected chi connectivity index (χ4v) is 5.21. The summed E-state index contributed by atoms with van der Waals surface area (Å²) in [5.74, 6) is -0.839. The lowest BCUT2D eigenvalue weighted by atomic mass is 10.1. The van der Waals surface area contributed by atoms with E-state index in [1.807, 2.05) is 6.92 Å². The molecule has 12 nitrogen and oxygen atoms in total. The van der Waals surface area contributed by atoms with E-state index in [0.29, 0.717) is 17.9 Å². The second-order valence-corrected chi connectivity index (χ2v) is 9.55. The highest BCUT2D eigenvalue weighted by molar-refractivity contribution is 7.89. The van der Waals surface area contributed by atoms with Crippen molar-refractivity contribution in [2.45, 2.75) is 45.7 Å². The molecule has 0 aromatic carbocycles. The number of rotatable bonds is 7. The Labute approximate surface area is 180 Å². The van der Waals surface area contributed by atoms with Crippen LogP contribution in [0.15, 0.2) is 17.2 Å². The number of sulfonamides is 1. The molecule has 0 bridgehead atoms. The molecule has 0 aliphatic carbocycles. The Balaban J connectivity index is 1.62. The minimum absolute atomic E-state index is 0.135. The van der Waals surface area contributed by atoms with E-state index in [2.05, 4.69) is 10.2 Å². The summed E-state index contributed by atoms with van der Waals surface area (Å²) in [6.45, 7) is 8.74. The highest BCUT2D eigenvalue weighted by Crippen LogP contribution is 2.21. The number of aromatic nitrogens is 4. The number of aryl methyl sites for hydroxylation is 3. The summed E-state index contributed by atoms with van der Waals surface area (Å²) in [5, 5.41) is 19.0. The lowest BCUT2D eigenvalue weighted by molar-refractivity contribution is -0.389. The predicted molar refractivity (Wildman–Crippen MR) is 111 cm³/mol. The molecule has 1 unspecified atom stereocenters. The Bertz CT molecular complexity index is 1080. The van der Waals surface area contributed by atoms with Crippen LogP contribution in [0.3, 0.4) is 0 Å². The number of nitrogens with zero attached hydrogens (tertiary/aromatic N) is 7. The van der Waals surface area contributed by atoms with E-state index in [1.54, 1.807) is 30.4 Å². The van der Waals surface area contributed by atoms with E-state index in [0.717, 1.165) is 0 Å². The van der Waals surface area contributed by atoms with Crippen LogP contribution in [-0.4, -0.2) is 74.2 Å². The molecule has 1 fully saturated rings. The van der Waals surface area contributed by atoms with Gasteiger partial charge in [-0.15, -0.1) is 0 Å². The van der Waals surface area contributed by atoms with Gasteiger partial charge < -0.3 is 15.0 Å². The number of amides is 1. The largest absolute Gasteiger partial charge is 0.390 e. The van der Waals surface area contributed by atoms with Crippen molar-refractivity contribution in [3.05, 3.63) is 33.8 Å².